The Balaban J connectivity index is 1.53. The molecule has 4 aliphatic rings. The van der Waals surface area contributed by atoms with Gasteiger partial charge in [-0.25, -0.2) is 13.2 Å². The van der Waals surface area contributed by atoms with Gasteiger partial charge < -0.3 is 26.6 Å². The van der Waals surface area contributed by atoms with Crippen molar-refractivity contribution in [3.63, 3.8) is 0 Å². The number of ketones is 1. The maximum Gasteiger partial charge on any atom is 0.315 e. The van der Waals surface area contributed by atoms with E-state index in [9.17, 15) is 32.4 Å². The van der Waals surface area contributed by atoms with Gasteiger partial charge >= 0.3 is 6.03 Å². The standard InChI is InChI=1S/C31H51N5O7S/c1-16(2)22(20-12-9-13-44(20,42)43)34-29(41)35-25(30(3,4)5)28(40)36-15-18-21(31(18,6)7)23(36)27(39)33-19(24(37)26(32)38)14-17-10-8-11-17/h16-23,25H,8-15H2,1-7H3,(H2,32,38)(H,33,39)(H2,34,35,41)/t18-,19?,20?,21-,22?,23-,25+/m0/s1. The van der Waals surface area contributed by atoms with E-state index >= 15 is 0 Å². The zero-order valence-corrected chi connectivity index (χ0v) is 28.0. The monoisotopic (exact) mass is 637 g/mol. The number of fused-ring (bicyclic) bond motifs is 1. The molecule has 5 N–H and O–H groups in total. The molecule has 0 aromatic carbocycles. The molecule has 0 bridgehead atoms. The van der Waals surface area contributed by atoms with E-state index in [4.69, 9.17) is 5.73 Å². The molecule has 44 heavy (non-hydrogen) atoms. The number of likely N-dealkylation sites (tertiary alicyclic amines) is 1. The van der Waals surface area contributed by atoms with Crippen LogP contribution in [0.5, 0.6) is 0 Å². The highest BCUT2D eigenvalue weighted by molar-refractivity contribution is 7.92. The zero-order valence-electron chi connectivity index (χ0n) is 27.1. The summed E-state index contributed by atoms with van der Waals surface area (Å²) in [7, 11) is -3.33. The van der Waals surface area contributed by atoms with Crippen molar-refractivity contribution in [1.29, 1.82) is 0 Å². The van der Waals surface area contributed by atoms with Crippen molar-refractivity contribution >= 4 is 39.4 Å². The number of urea groups is 1. The second-order valence-electron chi connectivity index (χ2n) is 15.4. The Bertz CT molecular complexity index is 1290. The first-order valence-corrected chi connectivity index (χ1v) is 17.7. The first-order chi connectivity index (χ1) is 20.3. The van der Waals surface area contributed by atoms with Gasteiger partial charge in [0, 0.05) is 12.6 Å². The van der Waals surface area contributed by atoms with Gasteiger partial charge in [0.2, 0.25) is 17.6 Å². The number of sulfone groups is 1. The predicted molar refractivity (Wildman–Crippen MR) is 165 cm³/mol. The van der Waals surface area contributed by atoms with Crippen molar-refractivity contribution in [1.82, 2.24) is 20.9 Å². The fourth-order valence-corrected chi connectivity index (χ4v) is 9.81. The van der Waals surface area contributed by atoms with E-state index in [0.717, 1.165) is 19.3 Å². The van der Waals surface area contributed by atoms with E-state index in [1.807, 2.05) is 48.5 Å². The van der Waals surface area contributed by atoms with Crippen LogP contribution in [0.2, 0.25) is 0 Å². The lowest BCUT2D eigenvalue weighted by atomic mass is 9.80. The van der Waals surface area contributed by atoms with Crippen molar-refractivity contribution in [2.24, 2.45) is 40.2 Å². The fraction of sp³-hybridized carbons (Fsp3) is 0.839. The summed E-state index contributed by atoms with van der Waals surface area (Å²) in [5.41, 5.74) is 4.36. The number of nitrogens with one attached hydrogen (secondary N) is 3. The van der Waals surface area contributed by atoms with Crippen LogP contribution in [0, 0.1) is 34.5 Å². The topological polar surface area (TPSA) is 185 Å². The van der Waals surface area contributed by atoms with Crippen LogP contribution in [-0.2, 0) is 29.0 Å². The van der Waals surface area contributed by atoms with Gasteiger partial charge in [-0.2, -0.15) is 0 Å². The van der Waals surface area contributed by atoms with Crippen molar-refractivity contribution in [2.45, 2.75) is 116 Å². The Morgan fingerprint density at radius 2 is 1.61 bits per heavy atom. The summed E-state index contributed by atoms with van der Waals surface area (Å²) >= 11 is 0. The number of piperidine rings is 1. The smallest absolute Gasteiger partial charge is 0.315 e. The van der Waals surface area contributed by atoms with Crippen LogP contribution < -0.4 is 21.7 Å². The van der Waals surface area contributed by atoms with Gasteiger partial charge in [-0.15, -0.1) is 0 Å². The Hall–Kier alpha value is -2.70. The molecule has 2 aliphatic carbocycles. The average molecular weight is 638 g/mol. The number of primary amides is 1. The maximum absolute atomic E-state index is 14.2. The Morgan fingerprint density at radius 1 is 0.977 bits per heavy atom. The molecule has 0 spiro atoms. The van der Waals surface area contributed by atoms with Crippen LogP contribution >= 0.6 is 0 Å². The largest absolute Gasteiger partial charge is 0.363 e. The lowest BCUT2D eigenvalue weighted by molar-refractivity contribution is -0.145. The maximum atomic E-state index is 14.2. The third kappa shape index (κ3) is 6.77. The number of carbonyl (C=O) groups excluding carboxylic acids is 5. The highest BCUT2D eigenvalue weighted by Gasteiger charge is 2.70. The van der Waals surface area contributed by atoms with E-state index in [1.54, 1.807) is 0 Å². The summed E-state index contributed by atoms with van der Waals surface area (Å²) < 4.78 is 25.3. The lowest BCUT2D eigenvalue weighted by Crippen LogP contribution is -2.62. The zero-order chi connectivity index (χ0) is 32.9. The van der Waals surface area contributed by atoms with Crippen LogP contribution in [0.3, 0.4) is 0 Å². The molecule has 7 atom stereocenters. The SMILES string of the molecule is CC(C)C(NC(=O)N[C@H](C(=O)N1C[C@H]2[C@@H]([C@H]1C(=O)NC(CC1CCC1)C(=O)C(N)=O)C2(C)C)C(C)(C)C)C1CCCS1(=O)=O. The first kappa shape index (κ1) is 34.2. The minimum absolute atomic E-state index is 0.0615. The Morgan fingerprint density at radius 3 is 2.09 bits per heavy atom. The van der Waals surface area contributed by atoms with Crippen LogP contribution in [0.25, 0.3) is 0 Å². The summed E-state index contributed by atoms with van der Waals surface area (Å²) in [6.07, 6.45) is 4.20. The molecule has 0 radical (unpaired) electrons. The Labute approximate surface area is 261 Å². The fourth-order valence-electron chi connectivity index (χ4n) is 7.58. The molecule has 2 aliphatic heterocycles. The van der Waals surface area contributed by atoms with Gasteiger partial charge in [0.1, 0.15) is 12.1 Å². The molecule has 12 nitrogen and oxygen atoms in total. The minimum atomic E-state index is -3.33. The number of nitrogens with zero attached hydrogens (tertiary/aromatic N) is 1. The van der Waals surface area contributed by atoms with Crippen LogP contribution in [0.15, 0.2) is 0 Å². The van der Waals surface area contributed by atoms with Gasteiger partial charge in [0.25, 0.3) is 5.91 Å². The van der Waals surface area contributed by atoms with Gasteiger partial charge in [0.15, 0.2) is 9.84 Å². The molecule has 4 fully saturated rings. The van der Waals surface area contributed by atoms with E-state index in [2.05, 4.69) is 16.0 Å². The lowest BCUT2D eigenvalue weighted by Gasteiger charge is -2.38. The summed E-state index contributed by atoms with van der Waals surface area (Å²) in [5.74, 6) is -2.80. The predicted octanol–water partition coefficient (Wildman–Crippen LogP) is 1.51. The summed E-state index contributed by atoms with van der Waals surface area (Å²) in [5, 5.41) is 7.75. The molecule has 2 heterocycles. The number of Topliss-reactive ketones (excluding diaryl/α,β-unsaturated/α-hetero) is 1. The summed E-state index contributed by atoms with van der Waals surface area (Å²) in [6.45, 7) is 13.5. The van der Waals surface area contributed by atoms with Gasteiger partial charge in [-0.05, 0) is 53.8 Å². The van der Waals surface area contributed by atoms with Crippen LogP contribution in [0.4, 0.5) is 4.79 Å². The summed E-state index contributed by atoms with van der Waals surface area (Å²) in [6, 6.07) is -4.21. The van der Waals surface area contributed by atoms with Crippen LogP contribution in [-0.4, -0.2) is 84.6 Å². The molecule has 0 aromatic heterocycles. The second-order valence-corrected chi connectivity index (χ2v) is 17.8. The number of carbonyl (C=O) groups is 5. The normalized spacial score (nSPS) is 29.1. The molecule has 13 heteroatoms. The number of hydrogen-bond donors (Lipinski definition) is 4. The van der Waals surface area contributed by atoms with Gasteiger partial charge in [0.05, 0.1) is 17.0 Å². The third-order valence-electron chi connectivity index (χ3n) is 10.6. The minimum Gasteiger partial charge on any atom is -0.363 e. The van der Waals surface area contributed by atoms with E-state index < -0.39 is 74.2 Å². The molecule has 5 amide bonds. The second kappa shape index (κ2) is 12.2. The summed E-state index contributed by atoms with van der Waals surface area (Å²) in [4.78, 5) is 67.4. The number of amides is 5. The Kier molecular flexibility index (Phi) is 9.51. The van der Waals surface area contributed by atoms with E-state index in [-0.39, 0.29) is 34.8 Å². The molecule has 2 saturated carbocycles. The molecule has 0 aromatic rings. The molecular weight excluding hydrogens is 586 g/mol. The van der Waals surface area contributed by atoms with E-state index in [1.165, 1.54) is 4.90 Å². The quantitative estimate of drug-likeness (QED) is 0.247. The molecule has 3 unspecified atom stereocenters. The van der Waals surface area contributed by atoms with Crippen molar-refractivity contribution in [2.75, 3.05) is 12.3 Å². The number of nitrogens with two attached hydrogens (primary N) is 1. The molecular formula is C31H51N5O7S. The molecule has 4 rings (SSSR count). The van der Waals surface area contributed by atoms with E-state index in [0.29, 0.717) is 25.8 Å². The van der Waals surface area contributed by atoms with Crippen molar-refractivity contribution in [3.8, 4) is 0 Å². The number of rotatable bonds is 11. The first-order valence-electron chi connectivity index (χ1n) is 16.0. The average Bonchev–Trinajstić information content (AvgIpc) is 3.19. The molecule has 248 valence electrons. The molecule has 2 saturated heterocycles. The van der Waals surface area contributed by atoms with Gasteiger partial charge in [-0.3, -0.25) is 19.2 Å². The van der Waals surface area contributed by atoms with Crippen molar-refractivity contribution in [3.05, 3.63) is 0 Å². The third-order valence-corrected chi connectivity index (χ3v) is 12.9. The van der Waals surface area contributed by atoms with Gasteiger partial charge in [-0.1, -0.05) is 67.7 Å². The van der Waals surface area contributed by atoms with Crippen LogP contribution in [0.1, 0.15) is 87.0 Å². The highest BCUT2D eigenvalue weighted by atomic mass is 32.2. The highest BCUT2D eigenvalue weighted by Crippen LogP contribution is 2.65. The number of hydrogen-bond acceptors (Lipinski definition) is 7. The van der Waals surface area contributed by atoms with Crippen molar-refractivity contribution < 1.29 is 32.4 Å².